The van der Waals surface area contributed by atoms with Crippen molar-refractivity contribution >= 4 is 29.1 Å². The van der Waals surface area contributed by atoms with Crippen molar-refractivity contribution in [2.24, 2.45) is 0 Å². The van der Waals surface area contributed by atoms with Crippen LogP contribution < -0.4 is 10.6 Å². The Balaban J connectivity index is 2.75. The van der Waals surface area contributed by atoms with Gasteiger partial charge >= 0.3 is 11.8 Å². The summed E-state index contributed by atoms with van der Waals surface area (Å²) in [7, 11) is 0. The van der Waals surface area contributed by atoms with Gasteiger partial charge in [-0.05, 0) is 32.0 Å². The molecule has 0 unspecified atom stereocenters. The Morgan fingerprint density at radius 3 is 2.10 bits per heavy atom. The van der Waals surface area contributed by atoms with Gasteiger partial charge < -0.3 is 15.5 Å². The Hall–Kier alpha value is -2.37. The van der Waals surface area contributed by atoms with E-state index in [-0.39, 0.29) is 5.91 Å². The number of nitrogens with zero attached hydrogens (tertiary/aromatic N) is 1. The highest BCUT2D eigenvalue weighted by Gasteiger charge is 2.19. The smallest absolute Gasteiger partial charge is 0.313 e. The Labute approximate surface area is 118 Å². The maximum absolute atomic E-state index is 11.8. The minimum absolute atomic E-state index is 0.201. The summed E-state index contributed by atoms with van der Waals surface area (Å²) in [5, 5.41) is 5.13. The molecule has 108 valence electrons. The van der Waals surface area contributed by atoms with Crippen LogP contribution in [0.25, 0.3) is 0 Å². The van der Waals surface area contributed by atoms with Gasteiger partial charge in [0.2, 0.25) is 5.91 Å². The summed E-state index contributed by atoms with van der Waals surface area (Å²) in [6.07, 6.45) is 0. The quantitative estimate of drug-likeness (QED) is 0.818. The van der Waals surface area contributed by atoms with E-state index in [0.29, 0.717) is 24.5 Å². The van der Waals surface area contributed by atoms with Crippen LogP contribution in [0, 0.1) is 0 Å². The van der Waals surface area contributed by atoms with Crippen LogP contribution in [0.5, 0.6) is 0 Å². The predicted octanol–water partition coefficient (Wildman–Crippen LogP) is 1.45. The van der Waals surface area contributed by atoms with Crippen molar-refractivity contribution < 1.29 is 14.4 Å². The Morgan fingerprint density at radius 2 is 1.60 bits per heavy atom. The lowest BCUT2D eigenvalue weighted by atomic mass is 10.2. The topological polar surface area (TPSA) is 78.5 Å². The monoisotopic (exact) mass is 277 g/mol. The third kappa shape index (κ3) is 4.38. The van der Waals surface area contributed by atoms with Crippen LogP contribution >= 0.6 is 0 Å². The minimum Gasteiger partial charge on any atom is -0.335 e. The fourth-order valence-corrected chi connectivity index (χ4v) is 1.72. The molecule has 0 bridgehead atoms. The second-order valence-corrected chi connectivity index (χ2v) is 4.19. The standard InChI is InChI=1S/C14H19N3O3/c1-4-17(5-2)14(20)13(19)16-12-8-6-7-11(9-12)15-10(3)18/h6-9H,4-5H2,1-3H3,(H,15,18)(H,16,19). The molecule has 20 heavy (non-hydrogen) atoms. The number of likely N-dealkylation sites (N-methyl/N-ethyl adjacent to an activating group) is 1. The summed E-state index contributed by atoms with van der Waals surface area (Å²) < 4.78 is 0. The molecule has 0 radical (unpaired) electrons. The molecule has 2 N–H and O–H groups in total. The molecule has 3 amide bonds. The van der Waals surface area contributed by atoms with Crippen molar-refractivity contribution in [3.63, 3.8) is 0 Å². The van der Waals surface area contributed by atoms with E-state index in [4.69, 9.17) is 0 Å². The van der Waals surface area contributed by atoms with Gasteiger partial charge in [-0.3, -0.25) is 14.4 Å². The van der Waals surface area contributed by atoms with Gasteiger partial charge in [0.25, 0.3) is 0 Å². The third-order valence-corrected chi connectivity index (χ3v) is 2.69. The predicted molar refractivity (Wildman–Crippen MR) is 77.3 cm³/mol. The first-order chi connectivity index (χ1) is 9.47. The Bertz CT molecular complexity index is 510. The molecule has 0 saturated heterocycles. The van der Waals surface area contributed by atoms with Crippen molar-refractivity contribution in [3.05, 3.63) is 24.3 Å². The Morgan fingerprint density at radius 1 is 1.05 bits per heavy atom. The fraction of sp³-hybridized carbons (Fsp3) is 0.357. The lowest BCUT2D eigenvalue weighted by Gasteiger charge is -2.17. The van der Waals surface area contributed by atoms with Gasteiger partial charge in [0, 0.05) is 31.4 Å². The molecule has 0 aliphatic heterocycles. The van der Waals surface area contributed by atoms with Crippen LogP contribution in [0.4, 0.5) is 11.4 Å². The molecule has 0 aliphatic rings. The maximum atomic E-state index is 11.8. The zero-order valence-electron chi connectivity index (χ0n) is 11.9. The highest BCUT2D eigenvalue weighted by molar-refractivity contribution is 6.39. The van der Waals surface area contributed by atoms with Crippen LogP contribution in [0.1, 0.15) is 20.8 Å². The molecule has 0 fully saturated rings. The first-order valence-electron chi connectivity index (χ1n) is 6.45. The highest BCUT2D eigenvalue weighted by atomic mass is 16.2. The van der Waals surface area contributed by atoms with E-state index < -0.39 is 11.8 Å². The second kappa shape index (κ2) is 7.28. The number of hydrogen-bond donors (Lipinski definition) is 2. The highest BCUT2D eigenvalue weighted by Crippen LogP contribution is 2.15. The molecule has 0 aliphatic carbocycles. The first kappa shape index (κ1) is 15.7. The van der Waals surface area contributed by atoms with Gasteiger partial charge in [0.05, 0.1) is 0 Å². The minimum atomic E-state index is -0.686. The molecule has 0 saturated carbocycles. The molecule has 0 spiro atoms. The van der Waals surface area contributed by atoms with E-state index >= 15 is 0 Å². The van der Waals surface area contributed by atoms with Crippen molar-refractivity contribution in [1.29, 1.82) is 0 Å². The molecule has 1 aromatic rings. The number of hydrogen-bond acceptors (Lipinski definition) is 3. The van der Waals surface area contributed by atoms with E-state index in [1.807, 2.05) is 13.8 Å². The molecule has 1 aromatic carbocycles. The van der Waals surface area contributed by atoms with Gasteiger partial charge in [-0.25, -0.2) is 0 Å². The van der Waals surface area contributed by atoms with Gasteiger partial charge in [0.1, 0.15) is 0 Å². The van der Waals surface area contributed by atoms with Crippen LogP contribution in [0.3, 0.4) is 0 Å². The van der Waals surface area contributed by atoms with Crippen molar-refractivity contribution in [1.82, 2.24) is 4.90 Å². The van der Waals surface area contributed by atoms with Crippen LogP contribution in [-0.2, 0) is 14.4 Å². The molecule has 0 heterocycles. The van der Waals surface area contributed by atoms with Crippen molar-refractivity contribution in [3.8, 4) is 0 Å². The molecular weight excluding hydrogens is 258 g/mol. The largest absolute Gasteiger partial charge is 0.335 e. The number of anilines is 2. The summed E-state index contributed by atoms with van der Waals surface area (Å²) in [6, 6.07) is 6.62. The number of amides is 3. The average molecular weight is 277 g/mol. The molecule has 6 heteroatoms. The molecular formula is C14H19N3O3. The lowest BCUT2D eigenvalue weighted by molar-refractivity contribution is -0.142. The van der Waals surface area contributed by atoms with Crippen molar-refractivity contribution in [2.75, 3.05) is 23.7 Å². The number of nitrogens with one attached hydrogen (secondary N) is 2. The summed E-state index contributed by atoms with van der Waals surface area (Å²) in [5.41, 5.74) is 1.02. The second-order valence-electron chi connectivity index (χ2n) is 4.19. The number of benzene rings is 1. The fourth-order valence-electron chi connectivity index (χ4n) is 1.72. The Kier molecular flexibility index (Phi) is 5.71. The van der Waals surface area contributed by atoms with E-state index in [0.717, 1.165) is 0 Å². The normalized spacial score (nSPS) is 9.75. The van der Waals surface area contributed by atoms with E-state index in [1.165, 1.54) is 11.8 Å². The van der Waals surface area contributed by atoms with E-state index in [9.17, 15) is 14.4 Å². The summed E-state index contributed by atoms with van der Waals surface area (Å²) >= 11 is 0. The molecule has 0 aromatic heterocycles. The maximum Gasteiger partial charge on any atom is 0.313 e. The van der Waals surface area contributed by atoms with E-state index in [1.54, 1.807) is 24.3 Å². The van der Waals surface area contributed by atoms with Crippen molar-refractivity contribution in [2.45, 2.75) is 20.8 Å². The first-order valence-corrected chi connectivity index (χ1v) is 6.45. The number of carbonyl (C=O) groups excluding carboxylic acids is 3. The number of carbonyl (C=O) groups is 3. The molecule has 6 nitrogen and oxygen atoms in total. The van der Waals surface area contributed by atoms with E-state index in [2.05, 4.69) is 10.6 Å². The summed E-state index contributed by atoms with van der Waals surface area (Å²) in [6.45, 7) is 5.98. The lowest BCUT2D eigenvalue weighted by Crippen LogP contribution is -2.39. The van der Waals surface area contributed by atoms with Crippen LogP contribution in [0.2, 0.25) is 0 Å². The van der Waals surface area contributed by atoms with Gasteiger partial charge in [-0.15, -0.1) is 0 Å². The third-order valence-electron chi connectivity index (χ3n) is 2.69. The molecule has 1 rings (SSSR count). The SMILES string of the molecule is CCN(CC)C(=O)C(=O)Nc1cccc(NC(C)=O)c1. The average Bonchev–Trinajstić information content (AvgIpc) is 2.39. The summed E-state index contributed by atoms with van der Waals surface area (Å²) in [5.74, 6) is -1.46. The zero-order chi connectivity index (χ0) is 15.1. The van der Waals surface area contributed by atoms with Gasteiger partial charge in [-0.2, -0.15) is 0 Å². The zero-order valence-corrected chi connectivity index (χ0v) is 11.9. The molecule has 0 atom stereocenters. The van der Waals surface area contributed by atoms with Crippen LogP contribution in [-0.4, -0.2) is 35.7 Å². The summed E-state index contributed by atoms with van der Waals surface area (Å²) in [4.78, 5) is 36.0. The number of rotatable bonds is 4. The van der Waals surface area contributed by atoms with Crippen LogP contribution in [0.15, 0.2) is 24.3 Å². The van der Waals surface area contributed by atoms with Gasteiger partial charge in [0.15, 0.2) is 0 Å². The van der Waals surface area contributed by atoms with Gasteiger partial charge in [-0.1, -0.05) is 6.07 Å².